The van der Waals surface area contributed by atoms with Crippen molar-refractivity contribution in [3.8, 4) is 17.1 Å². The molecule has 5 heterocycles. The maximum atomic E-state index is 14.4. The van der Waals surface area contributed by atoms with Gasteiger partial charge < -0.3 is 29.5 Å². The van der Waals surface area contributed by atoms with Gasteiger partial charge in [0.05, 0.1) is 40.9 Å². The van der Waals surface area contributed by atoms with Crippen molar-refractivity contribution in [1.82, 2.24) is 34.0 Å². The summed E-state index contributed by atoms with van der Waals surface area (Å²) >= 11 is 6.15. The molecule has 0 spiro atoms. The van der Waals surface area contributed by atoms with Gasteiger partial charge in [0.25, 0.3) is 11.5 Å². The van der Waals surface area contributed by atoms with Crippen molar-refractivity contribution in [2.24, 2.45) is 0 Å². The number of nitrogens with zero attached hydrogens (tertiary/aromatic N) is 8. The first-order chi connectivity index (χ1) is 25.2. The van der Waals surface area contributed by atoms with Gasteiger partial charge in [-0.25, -0.2) is 9.97 Å². The van der Waals surface area contributed by atoms with E-state index in [1.807, 2.05) is 30.9 Å². The molecule has 0 atom stereocenters. The number of aryl methyl sites for hydroxylation is 2. The second-order valence-corrected chi connectivity index (χ2v) is 13.2. The van der Waals surface area contributed by atoms with Crippen molar-refractivity contribution in [3.63, 3.8) is 0 Å². The number of nitrogens with one attached hydrogen (secondary N) is 1. The molecule has 0 bridgehead atoms. The molecule has 2 aliphatic rings. The van der Waals surface area contributed by atoms with Gasteiger partial charge in [0.2, 0.25) is 11.7 Å². The third-order valence-corrected chi connectivity index (χ3v) is 9.74. The Morgan fingerprint density at radius 3 is 2.43 bits per heavy atom. The van der Waals surface area contributed by atoms with Crippen LogP contribution in [0.15, 0.2) is 41.5 Å². The van der Waals surface area contributed by atoms with Crippen LogP contribution in [-0.4, -0.2) is 77.1 Å². The van der Waals surface area contributed by atoms with Crippen LogP contribution in [0.25, 0.3) is 17.2 Å². The Labute approximate surface area is 304 Å². The van der Waals surface area contributed by atoms with Crippen LogP contribution < -0.4 is 15.8 Å². The number of fused-ring (bicyclic) bond motifs is 2. The SMILES string of the molecule is CCc1c(N2CCN(C(=O)c3ncnc(C)c3O)CC2)c(=O)n2nc(-c3cc4c(cc3C)COC4)nc2n1CC(=O)Nc1ccc(C(F)(F)F)cc1Cl. The maximum Gasteiger partial charge on any atom is 0.416 e. The molecule has 2 aromatic carbocycles. The van der Waals surface area contributed by atoms with Gasteiger partial charge in [-0.1, -0.05) is 24.6 Å². The highest BCUT2D eigenvalue weighted by molar-refractivity contribution is 6.33. The summed E-state index contributed by atoms with van der Waals surface area (Å²) in [4.78, 5) is 57.3. The number of ether oxygens (including phenoxy) is 1. The average Bonchev–Trinajstić information content (AvgIpc) is 3.78. The van der Waals surface area contributed by atoms with E-state index >= 15 is 0 Å². The number of alkyl halides is 3. The Balaban J connectivity index is 1.27. The van der Waals surface area contributed by atoms with Crippen molar-refractivity contribution in [3.05, 3.63) is 91.4 Å². The van der Waals surface area contributed by atoms with E-state index in [1.165, 1.54) is 11.2 Å². The molecule has 18 heteroatoms. The number of carbonyl (C=O) groups is 2. The number of aromatic hydroxyl groups is 1. The molecule has 2 amide bonds. The zero-order chi connectivity index (χ0) is 37.8. The first-order valence-electron chi connectivity index (χ1n) is 16.7. The van der Waals surface area contributed by atoms with Gasteiger partial charge >= 0.3 is 6.18 Å². The van der Waals surface area contributed by atoms with Crippen molar-refractivity contribution < 1.29 is 32.6 Å². The monoisotopic (exact) mass is 751 g/mol. The molecule has 1 fully saturated rings. The van der Waals surface area contributed by atoms with Gasteiger partial charge in [-0.3, -0.25) is 14.4 Å². The largest absolute Gasteiger partial charge is 0.504 e. The molecule has 0 radical (unpaired) electrons. The third-order valence-electron chi connectivity index (χ3n) is 9.43. The summed E-state index contributed by atoms with van der Waals surface area (Å²) in [5, 5.41) is 17.3. The normalized spacial score (nSPS) is 14.5. The third kappa shape index (κ3) is 6.65. The lowest BCUT2D eigenvalue weighted by Crippen LogP contribution is -2.51. The van der Waals surface area contributed by atoms with Gasteiger partial charge in [-0.2, -0.15) is 22.7 Å². The molecule has 0 saturated carbocycles. The van der Waals surface area contributed by atoms with Crippen LogP contribution in [0.3, 0.4) is 0 Å². The molecular weight excluding hydrogens is 719 g/mol. The second kappa shape index (κ2) is 13.8. The number of halogens is 4. The Kier molecular flexibility index (Phi) is 9.32. The van der Waals surface area contributed by atoms with E-state index in [4.69, 9.17) is 21.3 Å². The van der Waals surface area contributed by atoms with Crippen molar-refractivity contribution in [1.29, 1.82) is 0 Å². The Morgan fingerprint density at radius 2 is 1.75 bits per heavy atom. The second-order valence-electron chi connectivity index (χ2n) is 12.8. The Bertz CT molecular complexity index is 2350. The van der Waals surface area contributed by atoms with Crippen LogP contribution >= 0.6 is 11.6 Å². The molecule has 0 aliphatic carbocycles. The van der Waals surface area contributed by atoms with Gasteiger partial charge in [0, 0.05) is 31.7 Å². The number of piperazine rings is 1. The Morgan fingerprint density at radius 1 is 1.04 bits per heavy atom. The molecule has 1 saturated heterocycles. The molecule has 276 valence electrons. The number of hydrogen-bond acceptors (Lipinski definition) is 10. The number of rotatable bonds is 7. The smallest absolute Gasteiger partial charge is 0.416 e. The highest BCUT2D eigenvalue weighted by atomic mass is 35.5. The number of anilines is 2. The van der Waals surface area contributed by atoms with Gasteiger partial charge in [0.1, 0.15) is 18.6 Å². The summed E-state index contributed by atoms with van der Waals surface area (Å²) in [5.74, 6) is -1.08. The molecule has 14 nitrogen and oxygen atoms in total. The Hall–Kier alpha value is -5.55. The van der Waals surface area contributed by atoms with Crippen LogP contribution in [0.5, 0.6) is 5.75 Å². The van der Waals surface area contributed by atoms with Crippen molar-refractivity contribution >= 4 is 40.6 Å². The van der Waals surface area contributed by atoms with Crippen molar-refractivity contribution in [2.45, 2.75) is 53.1 Å². The lowest BCUT2D eigenvalue weighted by molar-refractivity contribution is -0.137. The highest BCUT2D eigenvalue weighted by Gasteiger charge is 2.32. The first kappa shape index (κ1) is 35.8. The quantitative estimate of drug-likeness (QED) is 0.242. The predicted molar refractivity (Wildman–Crippen MR) is 187 cm³/mol. The summed E-state index contributed by atoms with van der Waals surface area (Å²) in [6.45, 7) is 6.62. The minimum absolute atomic E-state index is 0.0242. The zero-order valence-corrected chi connectivity index (χ0v) is 29.5. The number of aromatic nitrogens is 6. The summed E-state index contributed by atoms with van der Waals surface area (Å²) < 4.78 is 48.1. The number of carbonyl (C=O) groups excluding carboxylic acids is 2. The molecule has 5 aromatic rings. The highest BCUT2D eigenvalue weighted by Crippen LogP contribution is 2.34. The number of benzene rings is 2. The van der Waals surface area contributed by atoms with Crippen LogP contribution in [0, 0.1) is 13.8 Å². The molecule has 3 aromatic heterocycles. The lowest BCUT2D eigenvalue weighted by Gasteiger charge is -2.36. The average molecular weight is 752 g/mol. The first-order valence-corrected chi connectivity index (χ1v) is 17.1. The van der Waals surface area contributed by atoms with Crippen molar-refractivity contribution in [2.75, 3.05) is 36.4 Å². The van der Waals surface area contributed by atoms with Crippen LogP contribution in [0.4, 0.5) is 24.5 Å². The van der Waals surface area contributed by atoms with E-state index in [1.54, 1.807) is 11.5 Å². The summed E-state index contributed by atoms with van der Waals surface area (Å²) in [5.41, 5.74) is 2.95. The fourth-order valence-electron chi connectivity index (χ4n) is 6.67. The standard InChI is InChI=1S/C35H33ClF3N9O5/c1-4-26-29(45-7-9-46(10-8-45)32(51)28-30(50)19(3)40-17-41-28)33(52)48-34(43-31(44-48)23-12-21-16-53-15-20(21)11-18(23)2)47(26)14-27(49)42-25-6-5-22(13-24(25)36)35(37,38)39/h5-6,11-13,17,50H,4,7-10,14-16H2,1-3H3,(H,42,49). The van der Waals surface area contributed by atoms with E-state index in [-0.39, 0.29) is 77.7 Å². The summed E-state index contributed by atoms with van der Waals surface area (Å²) in [6.07, 6.45) is -3.14. The van der Waals surface area contributed by atoms with Crippen LogP contribution in [0.2, 0.25) is 5.02 Å². The molecular formula is C35H33ClF3N9O5. The summed E-state index contributed by atoms with van der Waals surface area (Å²) in [6, 6.07) is 6.55. The topological polar surface area (TPSA) is 160 Å². The molecule has 7 rings (SSSR count). The fraction of sp³-hybridized carbons (Fsp3) is 0.343. The molecule has 2 aliphatic heterocycles. The van der Waals surface area contributed by atoms with E-state index in [0.717, 1.165) is 39.4 Å². The summed E-state index contributed by atoms with van der Waals surface area (Å²) in [7, 11) is 0. The van der Waals surface area contributed by atoms with Gasteiger partial charge in [-0.15, -0.1) is 5.10 Å². The minimum atomic E-state index is -4.62. The number of amides is 2. The number of hydrogen-bond donors (Lipinski definition) is 2. The molecule has 53 heavy (non-hydrogen) atoms. The fourth-order valence-corrected chi connectivity index (χ4v) is 6.90. The van der Waals surface area contributed by atoms with Crippen LogP contribution in [0.1, 0.15) is 51.1 Å². The maximum absolute atomic E-state index is 14.4. The minimum Gasteiger partial charge on any atom is -0.504 e. The van der Waals surface area contributed by atoms with E-state index < -0.39 is 35.7 Å². The molecule has 2 N–H and O–H groups in total. The lowest BCUT2D eigenvalue weighted by atomic mass is 10.0. The molecule has 0 unspecified atom stereocenters. The van der Waals surface area contributed by atoms with E-state index in [2.05, 4.69) is 20.4 Å². The zero-order valence-electron chi connectivity index (χ0n) is 28.8. The van der Waals surface area contributed by atoms with E-state index in [9.17, 15) is 32.7 Å². The van der Waals surface area contributed by atoms with Gasteiger partial charge in [0.15, 0.2) is 17.3 Å². The van der Waals surface area contributed by atoms with Crippen LogP contribution in [-0.2, 0) is 41.9 Å². The van der Waals surface area contributed by atoms with E-state index in [0.29, 0.717) is 24.5 Å². The van der Waals surface area contributed by atoms with Gasteiger partial charge in [-0.05, 0) is 61.2 Å². The predicted octanol–water partition coefficient (Wildman–Crippen LogP) is 4.54.